The molecule has 1 aliphatic heterocycles. The zero-order valence-corrected chi connectivity index (χ0v) is 12.4. The van der Waals surface area contributed by atoms with E-state index in [9.17, 15) is 9.90 Å². The van der Waals surface area contributed by atoms with Gasteiger partial charge in [0.15, 0.2) is 0 Å². The lowest BCUT2D eigenvalue weighted by Crippen LogP contribution is -2.49. The average molecular weight is 285 g/mol. The molecule has 2 fully saturated rings. The molecule has 0 amide bonds. The van der Waals surface area contributed by atoms with Crippen LogP contribution in [0.4, 0.5) is 0 Å². The first-order valence-electron chi connectivity index (χ1n) is 7.83. The Kier molecular flexibility index (Phi) is 5.81. The maximum atomic E-state index is 11.8. The summed E-state index contributed by atoms with van der Waals surface area (Å²) in [5.41, 5.74) is -0.644. The molecule has 1 heterocycles. The average Bonchev–Trinajstić information content (AvgIpc) is 2.47. The van der Waals surface area contributed by atoms with E-state index in [1.165, 1.54) is 0 Å². The molecule has 2 atom stereocenters. The molecule has 0 aromatic carbocycles. The number of nitrogens with one attached hydrogen (secondary N) is 1. The molecule has 2 aliphatic rings. The van der Waals surface area contributed by atoms with E-state index in [4.69, 9.17) is 9.47 Å². The van der Waals surface area contributed by atoms with E-state index < -0.39 is 5.60 Å². The summed E-state index contributed by atoms with van der Waals surface area (Å²) in [7, 11) is 0. The molecular weight excluding hydrogens is 258 g/mol. The lowest BCUT2D eigenvalue weighted by Gasteiger charge is -2.35. The molecule has 2 unspecified atom stereocenters. The van der Waals surface area contributed by atoms with Gasteiger partial charge in [0.05, 0.1) is 18.1 Å². The molecule has 5 heteroatoms. The van der Waals surface area contributed by atoms with E-state index in [2.05, 4.69) is 5.32 Å². The highest BCUT2D eigenvalue weighted by Crippen LogP contribution is 2.26. The smallest absolute Gasteiger partial charge is 0.308 e. The van der Waals surface area contributed by atoms with E-state index >= 15 is 0 Å². The summed E-state index contributed by atoms with van der Waals surface area (Å²) in [6.07, 6.45) is 5.24. The summed E-state index contributed by atoms with van der Waals surface area (Å²) in [5, 5.41) is 13.9. The first-order valence-corrected chi connectivity index (χ1v) is 7.83. The highest BCUT2D eigenvalue weighted by atomic mass is 16.5. The summed E-state index contributed by atoms with van der Waals surface area (Å²) >= 11 is 0. The second-order valence-corrected chi connectivity index (χ2v) is 6.03. The van der Waals surface area contributed by atoms with Gasteiger partial charge in [-0.1, -0.05) is 6.42 Å². The van der Waals surface area contributed by atoms with Crippen molar-refractivity contribution in [2.24, 2.45) is 5.92 Å². The van der Waals surface area contributed by atoms with Crippen LogP contribution in [0.15, 0.2) is 0 Å². The van der Waals surface area contributed by atoms with E-state index in [1.807, 2.05) is 6.92 Å². The van der Waals surface area contributed by atoms with Gasteiger partial charge in [-0.2, -0.15) is 0 Å². The highest BCUT2D eigenvalue weighted by Gasteiger charge is 2.32. The van der Waals surface area contributed by atoms with Gasteiger partial charge in [0.25, 0.3) is 0 Å². The van der Waals surface area contributed by atoms with Crippen LogP contribution in [0.5, 0.6) is 0 Å². The van der Waals surface area contributed by atoms with Crippen LogP contribution in [0.1, 0.15) is 45.4 Å². The van der Waals surface area contributed by atoms with Gasteiger partial charge in [0, 0.05) is 38.6 Å². The summed E-state index contributed by atoms with van der Waals surface area (Å²) in [6.45, 7) is 4.16. The van der Waals surface area contributed by atoms with Gasteiger partial charge in [-0.05, 0) is 26.2 Å². The van der Waals surface area contributed by atoms with Crippen molar-refractivity contribution in [1.29, 1.82) is 0 Å². The van der Waals surface area contributed by atoms with E-state index in [0.29, 0.717) is 45.2 Å². The predicted molar refractivity (Wildman–Crippen MR) is 75.4 cm³/mol. The predicted octanol–water partition coefficient (Wildman–Crippen LogP) is 1.24. The molecule has 116 valence electrons. The Morgan fingerprint density at radius 3 is 2.85 bits per heavy atom. The van der Waals surface area contributed by atoms with Gasteiger partial charge < -0.3 is 19.9 Å². The van der Waals surface area contributed by atoms with Crippen molar-refractivity contribution in [3.8, 4) is 0 Å². The SMILES string of the molecule is CCOC(=O)C1CCCC(NCC2(O)CCOCC2)C1. The molecule has 1 aliphatic carbocycles. The standard InChI is InChI=1S/C15H27NO4/c1-2-20-14(17)12-4-3-5-13(10-12)16-11-15(18)6-8-19-9-7-15/h12-13,16,18H,2-11H2,1H3. The highest BCUT2D eigenvalue weighted by molar-refractivity contribution is 5.72. The third kappa shape index (κ3) is 4.43. The molecule has 20 heavy (non-hydrogen) atoms. The maximum absolute atomic E-state index is 11.8. The molecule has 0 aromatic rings. The number of carbonyl (C=O) groups is 1. The fourth-order valence-corrected chi connectivity index (χ4v) is 3.11. The Labute approximate surface area is 121 Å². The number of hydrogen-bond donors (Lipinski definition) is 2. The molecule has 5 nitrogen and oxygen atoms in total. The zero-order valence-electron chi connectivity index (χ0n) is 12.4. The third-order valence-corrected chi connectivity index (χ3v) is 4.44. The van der Waals surface area contributed by atoms with Gasteiger partial charge in [0.2, 0.25) is 0 Å². The molecule has 0 aromatic heterocycles. The first-order chi connectivity index (χ1) is 9.63. The largest absolute Gasteiger partial charge is 0.466 e. The van der Waals surface area contributed by atoms with E-state index in [0.717, 1.165) is 25.7 Å². The van der Waals surface area contributed by atoms with Crippen molar-refractivity contribution < 1.29 is 19.4 Å². The minimum Gasteiger partial charge on any atom is -0.466 e. The van der Waals surface area contributed by atoms with Crippen LogP contribution < -0.4 is 5.32 Å². The van der Waals surface area contributed by atoms with Crippen molar-refractivity contribution in [3.63, 3.8) is 0 Å². The Morgan fingerprint density at radius 1 is 1.40 bits per heavy atom. The normalized spacial score (nSPS) is 29.9. The summed E-state index contributed by atoms with van der Waals surface area (Å²) in [5.74, 6) is -0.0469. The quantitative estimate of drug-likeness (QED) is 0.744. The van der Waals surface area contributed by atoms with Crippen molar-refractivity contribution in [3.05, 3.63) is 0 Å². The topological polar surface area (TPSA) is 67.8 Å². The van der Waals surface area contributed by atoms with Crippen LogP contribution >= 0.6 is 0 Å². The number of rotatable bonds is 5. The minimum absolute atomic E-state index is 0.0190. The third-order valence-electron chi connectivity index (χ3n) is 4.44. The zero-order chi connectivity index (χ0) is 14.4. The van der Waals surface area contributed by atoms with Crippen LogP contribution in [0.25, 0.3) is 0 Å². The van der Waals surface area contributed by atoms with E-state index in [1.54, 1.807) is 0 Å². The summed E-state index contributed by atoms with van der Waals surface area (Å²) in [6, 6.07) is 0.310. The van der Waals surface area contributed by atoms with Crippen molar-refractivity contribution in [2.45, 2.75) is 57.1 Å². The summed E-state index contributed by atoms with van der Waals surface area (Å²) in [4.78, 5) is 11.8. The molecular formula is C15H27NO4. The van der Waals surface area contributed by atoms with Crippen LogP contribution in [0.3, 0.4) is 0 Å². The van der Waals surface area contributed by atoms with Gasteiger partial charge in [-0.3, -0.25) is 4.79 Å². The fraction of sp³-hybridized carbons (Fsp3) is 0.933. The van der Waals surface area contributed by atoms with Gasteiger partial charge in [-0.15, -0.1) is 0 Å². The molecule has 0 bridgehead atoms. The van der Waals surface area contributed by atoms with Crippen LogP contribution in [0.2, 0.25) is 0 Å². The number of ether oxygens (including phenoxy) is 2. The monoisotopic (exact) mass is 285 g/mol. The summed E-state index contributed by atoms with van der Waals surface area (Å²) < 4.78 is 10.4. The van der Waals surface area contributed by atoms with Crippen LogP contribution in [0, 0.1) is 5.92 Å². The maximum Gasteiger partial charge on any atom is 0.308 e. The van der Waals surface area contributed by atoms with Crippen molar-refractivity contribution in [2.75, 3.05) is 26.4 Å². The Balaban J connectivity index is 1.76. The molecule has 2 N–H and O–H groups in total. The minimum atomic E-state index is -0.644. The lowest BCUT2D eigenvalue weighted by atomic mass is 9.85. The molecule has 0 radical (unpaired) electrons. The first kappa shape index (κ1) is 15.7. The number of esters is 1. The fourth-order valence-electron chi connectivity index (χ4n) is 3.11. The van der Waals surface area contributed by atoms with Crippen LogP contribution in [-0.2, 0) is 14.3 Å². The molecule has 1 saturated heterocycles. The number of hydrogen-bond acceptors (Lipinski definition) is 5. The van der Waals surface area contributed by atoms with Gasteiger partial charge in [-0.25, -0.2) is 0 Å². The Hall–Kier alpha value is -0.650. The van der Waals surface area contributed by atoms with Crippen LogP contribution in [-0.4, -0.2) is 49.1 Å². The Morgan fingerprint density at radius 2 is 2.15 bits per heavy atom. The number of carbonyl (C=O) groups excluding carboxylic acids is 1. The molecule has 1 saturated carbocycles. The lowest BCUT2D eigenvalue weighted by molar-refractivity contribution is -0.149. The Bertz CT molecular complexity index is 315. The molecule has 0 spiro atoms. The van der Waals surface area contributed by atoms with E-state index in [-0.39, 0.29) is 11.9 Å². The second-order valence-electron chi connectivity index (χ2n) is 6.03. The van der Waals surface area contributed by atoms with Crippen molar-refractivity contribution >= 4 is 5.97 Å². The number of aliphatic hydroxyl groups is 1. The van der Waals surface area contributed by atoms with Crippen molar-refractivity contribution in [1.82, 2.24) is 5.32 Å². The van der Waals surface area contributed by atoms with Gasteiger partial charge in [0.1, 0.15) is 0 Å². The van der Waals surface area contributed by atoms with Gasteiger partial charge >= 0.3 is 5.97 Å². The second kappa shape index (κ2) is 7.38. The molecule has 2 rings (SSSR count).